The van der Waals surface area contributed by atoms with E-state index in [1.54, 1.807) is 22.7 Å². The van der Waals surface area contributed by atoms with Crippen LogP contribution in [-0.4, -0.2) is 38.1 Å². The van der Waals surface area contributed by atoms with Gasteiger partial charge in [0.05, 0.1) is 16.3 Å². The zero-order chi connectivity index (χ0) is 22.9. The van der Waals surface area contributed by atoms with Crippen molar-refractivity contribution in [3.05, 3.63) is 71.7 Å². The number of piperidine rings is 1. The van der Waals surface area contributed by atoms with Gasteiger partial charge >= 0.3 is 0 Å². The molecule has 1 unspecified atom stereocenters. The largest absolute Gasteiger partial charge is 0.343 e. The SMILES string of the molecule is O=C(Nc1ccccc1-c1cn2ccsc2n1)C1CCCCN1c1ccc(-c2cccs2)nn1. The fraction of sp³-hybridized carbons (Fsp3) is 0.200. The Labute approximate surface area is 204 Å². The van der Waals surface area contributed by atoms with Gasteiger partial charge in [0.1, 0.15) is 11.7 Å². The van der Waals surface area contributed by atoms with Gasteiger partial charge in [-0.05, 0) is 48.9 Å². The minimum Gasteiger partial charge on any atom is -0.343 e. The number of amides is 1. The molecule has 1 aliphatic rings. The van der Waals surface area contributed by atoms with Crippen molar-refractivity contribution in [2.75, 3.05) is 16.8 Å². The molecular weight excluding hydrogens is 464 g/mol. The molecule has 7 nitrogen and oxygen atoms in total. The highest BCUT2D eigenvalue weighted by Crippen LogP contribution is 2.31. The van der Waals surface area contributed by atoms with Crippen LogP contribution in [0.15, 0.2) is 71.7 Å². The molecule has 5 aromatic rings. The van der Waals surface area contributed by atoms with Gasteiger partial charge in [-0.2, -0.15) is 0 Å². The van der Waals surface area contributed by atoms with E-state index >= 15 is 0 Å². The number of aromatic nitrogens is 4. The van der Waals surface area contributed by atoms with Crippen LogP contribution in [0.3, 0.4) is 0 Å². The second-order valence-electron chi connectivity index (χ2n) is 8.21. The summed E-state index contributed by atoms with van der Waals surface area (Å²) in [5.41, 5.74) is 3.38. The van der Waals surface area contributed by atoms with E-state index in [4.69, 9.17) is 4.98 Å². The Kier molecular flexibility index (Phi) is 5.56. The first-order chi connectivity index (χ1) is 16.8. The van der Waals surface area contributed by atoms with Gasteiger partial charge in [0, 0.05) is 29.9 Å². The summed E-state index contributed by atoms with van der Waals surface area (Å²) in [6.07, 6.45) is 6.80. The van der Waals surface area contributed by atoms with E-state index in [2.05, 4.69) is 20.4 Å². The van der Waals surface area contributed by atoms with Crippen molar-refractivity contribution < 1.29 is 4.79 Å². The van der Waals surface area contributed by atoms with Crippen molar-refractivity contribution in [2.45, 2.75) is 25.3 Å². The van der Waals surface area contributed by atoms with E-state index in [-0.39, 0.29) is 11.9 Å². The first-order valence-corrected chi connectivity index (χ1v) is 13.0. The summed E-state index contributed by atoms with van der Waals surface area (Å²) in [5, 5.41) is 16.1. The van der Waals surface area contributed by atoms with Crippen LogP contribution in [-0.2, 0) is 4.79 Å². The summed E-state index contributed by atoms with van der Waals surface area (Å²) in [7, 11) is 0. The number of hydrogen-bond acceptors (Lipinski definition) is 7. The molecule has 5 heterocycles. The number of anilines is 2. The average Bonchev–Trinajstić information content (AvgIpc) is 3.63. The number of carbonyl (C=O) groups excluding carboxylic acids is 1. The van der Waals surface area contributed by atoms with Gasteiger partial charge < -0.3 is 10.2 Å². The van der Waals surface area contributed by atoms with Crippen LogP contribution in [0, 0.1) is 0 Å². The number of para-hydroxylation sites is 1. The minimum atomic E-state index is -0.297. The van der Waals surface area contributed by atoms with Crippen LogP contribution >= 0.6 is 22.7 Å². The van der Waals surface area contributed by atoms with Gasteiger partial charge in [0.25, 0.3) is 0 Å². The molecule has 0 spiro atoms. The van der Waals surface area contributed by atoms with Gasteiger partial charge in [-0.15, -0.1) is 32.9 Å². The minimum absolute atomic E-state index is 0.0303. The van der Waals surface area contributed by atoms with Crippen molar-refractivity contribution in [3.8, 4) is 21.8 Å². The van der Waals surface area contributed by atoms with E-state index in [0.717, 1.165) is 64.1 Å². The summed E-state index contributed by atoms with van der Waals surface area (Å²) in [5.74, 6) is 0.708. The molecular formula is C25H22N6OS2. The quantitative estimate of drug-likeness (QED) is 0.351. The van der Waals surface area contributed by atoms with Gasteiger partial charge in [0.2, 0.25) is 5.91 Å². The first-order valence-electron chi connectivity index (χ1n) is 11.2. The summed E-state index contributed by atoms with van der Waals surface area (Å²) in [6.45, 7) is 0.782. The standard InChI is InChI=1S/C25H22N6OS2/c32-24(26-18-7-2-1-6-17(18)20-16-30-13-15-34-25(30)27-20)21-8-3-4-12-31(21)23-11-10-19(28-29-23)22-9-5-14-33-22/h1-2,5-7,9-11,13-16,21H,3-4,8,12H2,(H,26,32). The molecule has 6 rings (SSSR count). The van der Waals surface area contributed by atoms with Crippen LogP contribution < -0.4 is 10.2 Å². The molecule has 0 aliphatic carbocycles. The van der Waals surface area contributed by atoms with Crippen LogP contribution in [0.5, 0.6) is 0 Å². The maximum atomic E-state index is 13.5. The molecule has 1 aromatic carbocycles. The molecule has 1 N–H and O–H groups in total. The Morgan fingerprint density at radius 3 is 2.74 bits per heavy atom. The van der Waals surface area contributed by atoms with E-state index in [9.17, 15) is 4.79 Å². The average molecular weight is 487 g/mol. The van der Waals surface area contributed by atoms with Crippen LogP contribution in [0.2, 0.25) is 0 Å². The predicted molar refractivity (Wildman–Crippen MR) is 137 cm³/mol. The molecule has 1 atom stereocenters. The molecule has 4 aromatic heterocycles. The first kappa shape index (κ1) is 21.0. The Bertz CT molecular complexity index is 1390. The zero-order valence-electron chi connectivity index (χ0n) is 18.3. The third-order valence-corrected chi connectivity index (χ3v) is 7.74. The van der Waals surface area contributed by atoms with Crippen molar-refractivity contribution >= 4 is 45.0 Å². The summed E-state index contributed by atoms with van der Waals surface area (Å²) in [4.78, 5) is 22.3. The van der Waals surface area contributed by atoms with Crippen LogP contribution in [0.25, 0.3) is 26.8 Å². The van der Waals surface area contributed by atoms with Gasteiger partial charge in [-0.3, -0.25) is 9.20 Å². The molecule has 0 bridgehead atoms. The normalized spacial score (nSPS) is 16.1. The lowest BCUT2D eigenvalue weighted by molar-refractivity contribution is -0.117. The van der Waals surface area contributed by atoms with Gasteiger partial charge in [0.15, 0.2) is 10.8 Å². The highest BCUT2D eigenvalue weighted by molar-refractivity contribution is 7.15. The topological polar surface area (TPSA) is 75.4 Å². The van der Waals surface area contributed by atoms with E-state index in [1.807, 2.05) is 76.1 Å². The summed E-state index contributed by atoms with van der Waals surface area (Å²) >= 11 is 3.23. The number of rotatable bonds is 5. The van der Waals surface area contributed by atoms with Crippen molar-refractivity contribution in [3.63, 3.8) is 0 Å². The lowest BCUT2D eigenvalue weighted by Crippen LogP contribution is -2.47. The molecule has 9 heteroatoms. The fourth-order valence-electron chi connectivity index (χ4n) is 4.40. The molecule has 0 radical (unpaired) electrons. The van der Waals surface area contributed by atoms with Crippen LogP contribution in [0.1, 0.15) is 19.3 Å². The van der Waals surface area contributed by atoms with Crippen LogP contribution in [0.4, 0.5) is 11.5 Å². The maximum absolute atomic E-state index is 13.5. The Morgan fingerprint density at radius 1 is 0.971 bits per heavy atom. The van der Waals surface area contributed by atoms with Crippen molar-refractivity contribution in [1.82, 2.24) is 19.6 Å². The summed E-state index contributed by atoms with van der Waals surface area (Å²) < 4.78 is 2.00. The maximum Gasteiger partial charge on any atom is 0.247 e. The third-order valence-electron chi connectivity index (χ3n) is 6.08. The number of fused-ring (bicyclic) bond motifs is 1. The monoisotopic (exact) mass is 486 g/mol. The molecule has 0 saturated carbocycles. The summed E-state index contributed by atoms with van der Waals surface area (Å²) in [6, 6.07) is 15.5. The number of nitrogens with one attached hydrogen (secondary N) is 1. The van der Waals surface area contributed by atoms with E-state index < -0.39 is 0 Å². The number of hydrogen-bond donors (Lipinski definition) is 1. The lowest BCUT2D eigenvalue weighted by atomic mass is 10.0. The van der Waals surface area contributed by atoms with E-state index in [1.165, 1.54) is 0 Å². The Morgan fingerprint density at radius 2 is 1.91 bits per heavy atom. The second kappa shape index (κ2) is 9.00. The number of thiazole rings is 1. The Balaban J connectivity index is 1.25. The molecule has 1 aliphatic heterocycles. The number of benzene rings is 1. The molecule has 170 valence electrons. The lowest BCUT2D eigenvalue weighted by Gasteiger charge is -2.35. The highest BCUT2D eigenvalue weighted by atomic mass is 32.1. The number of thiophene rings is 1. The second-order valence-corrected chi connectivity index (χ2v) is 10.0. The smallest absolute Gasteiger partial charge is 0.247 e. The Hall–Kier alpha value is -3.56. The molecule has 1 saturated heterocycles. The molecule has 34 heavy (non-hydrogen) atoms. The number of carbonyl (C=O) groups is 1. The fourth-order valence-corrected chi connectivity index (χ4v) is 5.79. The molecule has 1 amide bonds. The van der Waals surface area contributed by atoms with Gasteiger partial charge in [-0.1, -0.05) is 24.3 Å². The zero-order valence-corrected chi connectivity index (χ0v) is 19.9. The predicted octanol–water partition coefficient (Wildman–Crippen LogP) is 5.58. The van der Waals surface area contributed by atoms with E-state index in [0.29, 0.717) is 0 Å². The van der Waals surface area contributed by atoms with Crippen molar-refractivity contribution in [1.29, 1.82) is 0 Å². The molecule has 1 fully saturated rings. The highest BCUT2D eigenvalue weighted by Gasteiger charge is 2.30. The third kappa shape index (κ3) is 3.97. The van der Waals surface area contributed by atoms with Crippen molar-refractivity contribution in [2.24, 2.45) is 0 Å². The number of nitrogens with zero attached hydrogens (tertiary/aromatic N) is 5. The number of imidazole rings is 1. The van der Waals surface area contributed by atoms with Gasteiger partial charge in [-0.25, -0.2) is 4.98 Å².